The molecule has 2 aromatic carbocycles. The van der Waals surface area contributed by atoms with E-state index in [4.69, 9.17) is 25.8 Å². The molecule has 4 unspecified atom stereocenters. The number of ether oxygens (including phenoxy) is 3. The maximum absolute atomic E-state index is 11.4. The van der Waals surface area contributed by atoms with Gasteiger partial charge < -0.3 is 19.3 Å². The molecule has 37 heavy (non-hydrogen) atoms. The van der Waals surface area contributed by atoms with E-state index in [2.05, 4.69) is 25.1 Å². The molecule has 0 saturated carbocycles. The molecule has 0 bridgehead atoms. The summed E-state index contributed by atoms with van der Waals surface area (Å²) in [6, 6.07) is 12.2. The summed E-state index contributed by atoms with van der Waals surface area (Å²) in [5.74, 6) is 0.827. The zero-order chi connectivity index (χ0) is 25.7. The fourth-order valence-electron chi connectivity index (χ4n) is 4.81. The highest BCUT2D eigenvalue weighted by atomic mass is 35.5. The van der Waals surface area contributed by atoms with Crippen LogP contribution in [0.4, 0.5) is 0 Å². The Morgan fingerprint density at radius 2 is 2.00 bits per heavy atom. The molecule has 2 aliphatic heterocycles. The topological polar surface area (TPSA) is 140 Å². The molecule has 2 fully saturated rings. The van der Waals surface area contributed by atoms with Crippen molar-refractivity contribution in [3.05, 3.63) is 80.1 Å². The van der Waals surface area contributed by atoms with Gasteiger partial charge in [0.2, 0.25) is 0 Å². The summed E-state index contributed by atoms with van der Waals surface area (Å²) in [5, 5.41) is 21.2. The molecule has 2 aromatic heterocycles. The lowest BCUT2D eigenvalue weighted by molar-refractivity contribution is -0.309. The molecule has 2 saturated heterocycles. The second kappa shape index (κ2) is 9.66. The van der Waals surface area contributed by atoms with Crippen LogP contribution in [0.2, 0.25) is 5.02 Å². The maximum atomic E-state index is 11.4. The van der Waals surface area contributed by atoms with Crippen LogP contribution in [0, 0.1) is 13.8 Å². The summed E-state index contributed by atoms with van der Waals surface area (Å²) in [6.45, 7) is 3.84. The van der Waals surface area contributed by atoms with Crippen LogP contribution >= 0.6 is 22.9 Å². The van der Waals surface area contributed by atoms with E-state index in [0.29, 0.717) is 22.4 Å². The highest BCUT2D eigenvalue weighted by Crippen LogP contribution is 2.41. The molecule has 6 rings (SSSR count). The number of halogens is 1. The van der Waals surface area contributed by atoms with Gasteiger partial charge >= 0.3 is 0 Å². The lowest BCUT2D eigenvalue weighted by Gasteiger charge is -2.46. The first kappa shape index (κ1) is 24.3. The highest BCUT2D eigenvalue weighted by Gasteiger charge is 2.51. The number of rotatable bonds is 4. The van der Waals surface area contributed by atoms with Crippen molar-refractivity contribution in [2.45, 2.75) is 50.6 Å². The third-order valence-electron chi connectivity index (χ3n) is 6.41. The highest BCUT2D eigenvalue weighted by molar-refractivity contribution is 7.18. The van der Waals surface area contributed by atoms with Gasteiger partial charge in [-0.15, -0.1) is 11.3 Å². The monoisotopic (exact) mass is 539 g/mol. The number of aliphatic hydroxyl groups excluding tert-OH is 1. The summed E-state index contributed by atoms with van der Waals surface area (Å²) >= 11 is 8.05. The Bertz CT molecular complexity index is 1510. The van der Waals surface area contributed by atoms with E-state index in [0.717, 1.165) is 20.8 Å². The minimum Gasteiger partial charge on any atom is -0.389 e. The Morgan fingerprint density at radius 1 is 1.19 bits per heavy atom. The predicted octanol–water partition coefficient (Wildman–Crippen LogP) is 4.74. The van der Waals surface area contributed by atoms with Crippen molar-refractivity contribution >= 4 is 33.2 Å². The SMILES string of the molecule is Cc1nc([C@@H]2OC3COC(c4ccccc4)O[C@@H]3C(N=[N+]=[N-])C2O)n(-c2cc(Cl)c3nc(C)sc3c2)n1. The number of aromatic nitrogens is 4. The number of nitrogens with zero attached hydrogens (tertiary/aromatic N) is 7. The number of fused-ring (bicyclic) bond motifs is 2. The molecule has 4 aromatic rings. The predicted molar refractivity (Wildman–Crippen MR) is 136 cm³/mol. The maximum Gasteiger partial charge on any atom is 0.184 e. The third-order valence-corrected chi connectivity index (χ3v) is 7.62. The van der Waals surface area contributed by atoms with Crippen LogP contribution < -0.4 is 0 Å². The number of aryl methyl sites for hydroxylation is 2. The summed E-state index contributed by atoms with van der Waals surface area (Å²) in [4.78, 5) is 12.0. The molecule has 2 aliphatic rings. The first-order valence-electron chi connectivity index (χ1n) is 11.6. The fourth-order valence-corrected chi connectivity index (χ4v) is 6.01. The smallest absolute Gasteiger partial charge is 0.184 e. The Morgan fingerprint density at radius 3 is 2.78 bits per heavy atom. The lowest BCUT2D eigenvalue weighted by Crippen LogP contribution is -2.58. The standard InChI is InChI=1S/C24H22ClN7O4S/c1-11-27-23(32(30-11)14-8-15(25)18-17(9-14)37-12(2)28-18)22-20(33)19(29-31-26)21-16(35-22)10-34-24(36-21)13-6-4-3-5-7-13/h3-9,16,19-22,24,33H,10H2,1-2H3/t16?,19?,20?,21-,22+,24?/m0/s1. The van der Waals surface area contributed by atoms with Crippen molar-refractivity contribution in [3.63, 3.8) is 0 Å². The molecule has 0 spiro atoms. The van der Waals surface area contributed by atoms with Gasteiger partial charge in [0.05, 0.1) is 39.2 Å². The van der Waals surface area contributed by atoms with Crippen LogP contribution in [0.3, 0.4) is 0 Å². The van der Waals surface area contributed by atoms with Crippen molar-refractivity contribution in [2.24, 2.45) is 5.11 Å². The van der Waals surface area contributed by atoms with Gasteiger partial charge in [-0.05, 0) is 31.5 Å². The summed E-state index contributed by atoms with van der Waals surface area (Å²) < 4.78 is 20.9. The summed E-state index contributed by atoms with van der Waals surface area (Å²) in [6.07, 6.45) is -4.21. The molecule has 11 nitrogen and oxygen atoms in total. The van der Waals surface area contributed by atoms with Crippen molar-refractivity contribution in [1.29, 1.82) is 0 Å². The fraction of sp³-hybridized carbons (Fsp3) is 0.375. The summed E-state index contributed by atoms with van der Waals surface area (Å²) in [7, 11) is 0. The van der Waals surface area contributed by atoms with Gasteiger partial charge in [0.15, 0.2) is 12.1 Å². The van der Waals surface area contributed by atoms with Gasteiger partial charge in [0, 0.05) is 10.5 Å². The van der Waals surface area contributed by atoms with Crippen molar-refractivity contribution in [3.8, 4) is 5.69 Å². The van der Waals surface area contributed by atoms with Gasteiger partial charge in [0.25, 0.3) is 0 Å². The average Bonchev–Trinajstić information content (AvgIpc) is 3.48. The van der Waals surface area contributed by atoms with Gasteiger partial charge in [-0.25, -0.2) is 14.6 Å². The van der Waals surface area contributed by atoms with Crippen molar-refractivity contribution < 1.29 is 19.3 Å². The Balaban J connectivity index is 1.36. The van der Waals surface area contributed by atoms with Gasteiger partial charge in [-0.3, -0.25) is 0 Å². The molecule has 13 heteroatoms. The van der Waals surface area contributed by atoms with Crippen LogP contribution in [-0.2, 0) is 14.2 Å². The largest absolute Gasteiger partial charge is 0.389 e. The van der Waals surface area contributed by atoms with Crippen LogP contribution in [0.15, 0.2) is 47.6 Å². The van der Waals surface area contributed by atoms with Gasteiger partial charge in [-0.2, -0.15) is 5.10 Å². The normalized spacial score (nSPS) is 27.6. The van der Waals surface area contributed by atoms with E-state index in [1.807, 2.05) is 43.3 Å². The minimum absolute atomic E-state index is 0.177. The zero-order valence-corrected chi connectivity index (χ0v) is 21.4. The van der Waals surface area contributed by atoms with E-state index in [-0.39, 0.29) is 6.61 Å². The number of thiazole rings is 1. The molecule has 6 atom stereocenters. The van der Waals surface area contributed by atoms with Crippen molar-refractivity contribution in [2.75, 3.05) is 6.61 Å². The van der Waals surface area contributed by atoms with Crippen LogP contribution in [0.25, 0.3) is 26.3 Å². The molecular formula is C24H22ClN7O4S. The number of azide groups is 1. The number of hydrogen-bond donors (Lipinski definition) is 1. The van der Waals surface area contributed by atoms with Gasteiger partial charge in [0.1, 0.15) is 29.7 Å². The second-order valence-electron chi connectivity index (χ2n) is 8.89. The van der Waals surface area contributed by atoms with Crippen LogP contribution in [-0.4, -0.2) is 55.8 Å². The van der Waals surface area contributed by atoms with E-state index < -0.39 is 36.7 Å². The second-order valence-corrected chi connectivity index (χ2v) is 10.5. The molecular weight excluding hydrogens is 518 g/mol. The Kier molecular flexibility index (Phi) is 6.33. The quantitative estimate of drug-likeness (QED) is 0.224. The first-order valence-corrected chi connectivity index (χ1v) is 12.8. The number of aliphatic hydroxyl groups is 1. The van der Waals surface area contributed by atoms with E-state index >= 15 is 0 Å². The minimum atomic E-state index is -1.25. The van der Waals surface area contributed by atoms with E-state index in [1.54, 1.807) is 17.7 Å². The van der Waals surface area contributed by atoms with Crippen LogP contribution in [0.5, 0.6) is 0 Å². The number of hydrogen-bond acceptors (Lipinski definition) is 9. The zero-order valence-electron chi connectivity index (χ0n) is 19.8. The first-order chi connectivity index (χ1) is 17.9. The van der Waals surface area contributed by atoms with Gasteiger partial charge in [-0.1, -0.05) is 47.0 Å². The Labute approximate surface area is 220 Å². The third kappa shape index (κ3) is 4.36. The molecule has 0 radical (unpaired) electrons. The number of benzene rings is 2. The molecule has 0 amide bonds. The van der Waals surface area contributed by atoms with E-state index in [9.17, 15) is 10.6 Å². The van der Waals surface area contributed by atoms with E-state index in [1.165, 1.54) is 11.3 Å². The summed E-state index contributed by atoms with van der Waals surface area (Å²) in [5.41, 5.74) is 11.5. The molecule has 190 valence electrons. The average molecular weight is 540 g/mol. The molecule has 4 heterocycles. The Hall–Kier alpha value is -3.09. The van der Waals surface area contributed by atoms with Crippen molar-refractivity contribution in [1.82, 2.24) is 19.7 Å². The molecule has 1 N–H and O–H groups in total. The van der Waals surface area contributed by atoms with Crippen LogP contribution in [0.1, 0.15) is 34.6 Å². The molecule has 0 aliphatic carbocycles. The lowest BCUT2D eigenvalue weighted by atomic mass is 9.91.